The number of rotatable bonds is 5. The molecule has 4 rings (SSSR count). The van der Waals surface area contributed by atoms with Gasteiger partial charge in [0.05, 0.1) is 23.4 Å². The van der Waals surface area contributed by atoms with E-state index in [0.29, 0.717) is 35.4 Å². The highest BCUT2D eigenvalue weighted by Crippen LogP contribution is 2.23. The van der Waals surface area contributed by atoms with Crippen LogP contribution < -0.4 is 10.3 Å². The molecule has 8 nitrogen and oxygen atoms in total. The van der Waals surface area contributed by atoms with Crippen LogP contribution >= 0.6 is 0 Å². The summed E-state index contributed by atoms with van der Waals surface area (Å²) in [4.78, 5) is 51.8. The molecule has 0 radical (unpaired) electrons. The van der Waals surface area contributed by atoms with Crippen LogP contribution in [0, 0.1) is 0 Å². The van der Waals surface area contributed by atoms with Gasteiger partial charge in [0.25, 0.3) is 17.7 Å². The number of hydrazone groups is 1. The maximum atomic E-state index is 12.4. The second-order valence-electron chi connectivity index (χ2n) is 7.23. The fourth-order valence-corrected chi connectivity index (χ4v) is 3.57. The fourth-order valence-electron chi connectivity index (χ4n) is 3.57. The highest BCUT2D eigenvalue weighted by Gasteiger charge is 2.35. The van der Waals surface area contributed by atoms with E-state index >= 15 is 0 Å². The lowest BCUT2D eigenvalue weighted by atomic mass is 10.1. The van der Waals surface area contributed by atoms with Crippen molar-refractivity contribution in [1.82, 2.24) is 10.3 Å². The number of carbonyl (C=O) groups is 4. The lowest BCUT2D eigenvalue weighted by Gasteiger charge is -2.15. The molecule has 152 valence electrons. The molecule has 0 saturated carbocycles. The Morgan fingerprint density at radius 3 is 2.20 bits per heavy atom. The number of hydrogen-bond acceptors (Lipinski definition) is 5. The number of imide groups is 1. The number of anilines is 1. The minimum absolute atomic E-state index is 0.0113. The minimum Gasteiger partial charge on any atom is -0.312 e. The largest absolute Gasteiger partial charge is 0.312 e. The molecule has 4 amide bonds. The molecule has 2 aromatic rings. The zero-order valence-electron chi connectivity index (χ0n) is 16.4. The predicted octanol–water partition coefficient (Wildman–Crippen LogP) is 2.22. The first-order chi connectivity index (χ1) is 14.5. The van der Waals surface area contributed by atoms with E-state index in [1.807, 2.05) is 0 Å². The van der Waals surface area contributed by atoms with Crippen molar-refractivity contribution in [3.8, 4) is 0 Å². The molecular formula is C22H20N4O4. The van der Waals surface area contributed by atoms with E-state index in [1.54, 1.807) is 60.4 Å². The summed E-state index contributed by atoms with van der Waals surface area (Å²) in [6.07, 6.45) is 1.38. The van der Waals surface area contributed by atoms with Crippen molar-refractivity contribution in [1.29, 1.82) is 0 Å². The Bertz CT molecular complexity index is 1040. The van der Waals surface area contributed by atoms with Crippen molar-refractivity contribution in [3.05, 3.63) is 65.2 Å². The topological polar surface area (TPSA) is 99.2 Å². The molecule has 0 spiro atoms. The Balaban J connectivity index is 1.38. The molecule has 1 saturated heterocycles. The SMILES string of the molecule is C/C(CN1C(=O)c2ccccc2C1=O)=N\NC(=O)c1ccc(N2CCCC2=O)cc1. The molecule has 2 aromatic carbocycles. The van der Waals surface area contributed by atoms with Crippen LogP contribution in [0.5, 0.6) is 0 Å². The molecule has 2 aliphatic heterocycles. The molecule has 8 heteroatoms. The van der Waals surface area contributed by atoms with Gasteiger partial charge in [0.1, 0.15) is 0 Å². The van der Waals surface area contributed by atoms with Crippen molar-refractivity contribution in [3.63, 3.8) is 0 Å². The average molecular weight is 404 g/mol. The van der Waals surface area contributed by atoms with E-state index in [-0.39, 0.29) is 24.3 Å². The Kier molecular flexibility index (Phi) is 5.14. The smallest absolute Gasteiger partial charge is 0.271 e. The van der Waals surface area contributed by atoms with Gasteiger partial charge in [0, 0.05) is 24.2 Å². The predicted molar refractivity (Wildman–Crippen MR) is 110 cm³/mol. The van der Waals surface area contributed by atoms with Gasteiger partial charge >= 0.3 is 0 Å². The van der Waals surface area contributed by atoms with Crippen molar-refractivity contribution in [2.24, 2.45) is 5.10 Å². The average Bonchev–Trinajstić information content (AvgIpc) is 3.29. The third-order valence-corrected chi connectivity index (χ3v) is 5.13. The Morgan fingerprint density at radius 1 is 1.00 bits per heavy atom. The van der Waals surface area contributed by atoms with Gasteiger partial charge in [0.15, 0.2) is 0 Å². The molecule has 2 aliphatic rings. The molecule has 0 aromatic heterocycles. The Morgan fingerprint density at radius 2 is 1.63 bits per heavy atom. The van der Waals surface area contributed by atoms with Gasteiger partial charge in [-0.1, -0.05) is 12.1 Å². The van der Waals surface area contributed by atoms with Crippen LogP contribution in [0.15, 0.2) is 53.6 Å². The molecule has 1 N–H and O–H groups in total. The third-order valence-electron chi connectivity index (χ3n) is 5.13. The van der Waals surface area contributed by atoms with E-state index in [2.05, 4.69) is 10.5 Å². The molecule has 0 unspecified atom stereocenters. The minimum atomic E-state index is -0.420. The van der Waals surface area contributed by atoms with Crippen LogP contribution in [0.4, 0.5) is 5.69 Å². The van der Waals surface area contributed by atoms with E-state index < -0.39 is 5.91 Å². The molecule has 0 aliphatic carbocycles. The first-order valence-corrected chi connectivity index (χ1v) is 9.65. The van der Waals surface area contributed by atoms with Crippen LogP contribution in [0.2, 0.25) is 0 Å². The summed E-state index contributed by atoms with van der Waals surface area (Å²) in [6, 6.07) is 13.4. The quantitative estimate of drug-likeness (QED) is 0.469. The van der Waals surface area contributed by atoms with Crippen molar-refractivity contribution in [2.75, 3.05) is 18.0 Å². The van der Waals surface area contributed by atoms with E-state index in [0.717, 1.165) is 17.0 Å². The zero-order chi connectivity index (χ0) is 21.3. The summed E-state index contributed by atoms with van der Waals surface area (Å²) in [5.74, 6) is -1.08. The number of fused-ring (bicyclic) bond motifs is 1. The van der Waals surface area contributed by atoms with Crippen molar-refractivity contribution in [2.45, 2.75) is 19.8 Å². The molecule has 0 bridgehead atoms. The number of hydrogen-bond donors (Lipinski definition) is 1. The highest BCUT2D eigenvalue weighted by molar-refractivity contribution is 6.22. The number of carbonyl (C=O) groups excluding carboxylic acids is 4. The summed E-state index contributed by atoms with van der Waals surface area (Å²) in [6.45, 7) is 2.31. The Hall–Kier alpha value is -3.81. The second kappa shape index (κ2) is 7.90. The molecule has 0 atom stereocenters. The number of nitrogens with one attached hydrogen (secondary N) is 1. The molecule has 1 fully saturated rings. The van der Waals surface area contributed by atoms with Gasteiger partial charge in [-0.25, -0.2) is 5.43 Å². The van der Waals surface area contributed by atoms with Gasteiger partial charge in [-0.15, -0.1) is 0 Å². The Labute approximate surface area is 173 Å². The summed E-state index contributed by atoms with van der Waals surface area (Å²) in [5, 5.41) is 4.01. The van der Waals surface area contributed by atoms with Crippen LogP contribution in [0.1, 0.15) is 50.8 Å². The molecule has 2 heterocycles. The van der Waals surface area contributed by atoms with E-state index in [4.69, 9.17) is 0 Å². The van der Waals surface area contributed by atoms with Crippen LogP contribution in [0.25, 0.3) is 0 Å². The van der Waals surface area contributed by atoms with Gasteiger partial charge in [-0.3, -0.25) is 24.1 Å². The standard InChI is InChI=1S/C22H20N4O4/c1-14(13-26-21(29)17-5-2-3-6-18(17)22(26)30)23-24-20(28)15-8-10-16(11-9-15)25-12-4-7-19(25)27/h2-3,5-6,8-11H,4,7,12-13H2,1H3,(H,24,28)/b23-14+. The summed E-state index contributed by atoms with van der Waals surface area (Å²) < 4.78 is 0. The van der Waals surface area contributed by atoms with Gasteiger partial charge < -0.3 is 4.90 Å². The van der Waals surface area contributed by atoms with Crippen LogP contribution in [0.3, 0.4) is 0 Å². The van der Waals surface area contributed by atoms with Crippen LogP contribution in [-0.4, -0.2) is 47.3 Å². The summed E-state index contributed by atoms with van der Waals surface area (Å²) in [5.41, 5.74) is 4.75. The second-order valence-corrected chi connectivity index (χ2v) is 7.23. The number of amides is 4. The lowest BCUT2D eigenvalue weighted by Crippen LogP contribution is -2.35. The van der Waals surface area contributed by atoms with E-state index in [1.165, 1.54) is 0 Å². The monoisotopic (exact) mass is 404 g/mol. The maximum Gasteiger partial charge on any atom is 0.271 e. The van der Waals surface area contributed by atoms with Gasteiger partial charge in [-0.05, 0) is 49.7 Å². The maximum absolute atomic E-state index is 12.4. The molecular weight excluding hydrogens is 384 g/mol. The number of benzene rings is 2. The van der Waals surface area contributed by atoms with Gasteiger partial charge in [0.2, 0.25) is 5.91 Å². The normalized spacial score (nSPS) is 16.3. The summed E-state index contributed by atoms with van der Waals surface area (Å²) in [7, 11) is 0. The van der Waals surface area contributed by atoms with Crippen LogP contribution in [-0.2, 0) is 4.79 Å². The first kappa shape index (κ1) is 19.5. The zero-order valence-corrected chi connectivity index (χ0v) is 16.4. The fraction of sp³-hybridized carbons (Fsp3) is 0.227. The highest BCUT2D eigenvalue weighted by atomic mass is 16.2. The van der Waals surface area contributed by atoms with Crippen molar-refractivity contribution < 1.29 is 19.2 Å². The summed E-state index contributed by atoms with van der Waals surface area (Å²) >= 11 is 0. The van der Waals surface area contributed by atoms with Gasteiger partial charge in [-0.2, -0.15) is 5.10 Å². The molecule has 30 heavy (non-hydrogen) atoms. The third kappa shape index (κ3) is 3.59. The first-order valence-electron chi connectivity index (χ1n) is 9.65. The van der Waals surface area contributed by atoms with E-state index in [9.17, 15) is 19.2 Å². The van der Waals surface area contributed by atoms with Crippen molar-refractivity contribution >= 4 is 35.0 Å². The number of nitrogens with zero attached hydrogens (tertiary/aromatic N) is 3. The lowest BCUT2D eigenvalue weighted by molar-refractivity contribution is -0.117.